The molecule has 1 aromatic rings. The largest absolute Gasteiger partial charge is 0.418 e. The molecule has 20 heavy (non-hydrogen) atoms. The van der Waals surface area contributed by atoms with Gasteiger partial charge in [-0.1, -0.05) is 29.8 Å². The molecule has 1 fully saturated rings. The van der Waals surface area contributed by atoms with E-state index in [1.165, 1.54) is 6.07 Å². The molecule has 0 amide bonds. The maximum atomic E-state index is 13.0. The highest BCUT2D eigenvalue weighted by atomic mass is 79.9. The minimum absolute atomic E-state index is 0.130. The summed E-state index contributed by atoms with van der Waals surface area (Å²) in [5, 5.41) is 3.08. The van der Waals surface area contributed by atoms with Crippen LogP contribution >= 0.6 is 15.9 Å². The fourth-order valence-corrected chi connectivity index (χ4v) is 3.00. The van der Waals surface area contributed by atoms with Crippen molar-refractivity contribution in [3.63, 3.8) is 0 Å². The molecule has 5 heteroatoms. The monoisotopic (exact) mass is 349 g/mol. The quantitative estimate of drug-likeness (QED) is 0.706. The van der Waals surface area contributed by atoms with E-state index in [2.05, 4.69) is 35.1 Å². The Kier molecular flexibility index (Phi) is 4.38. The molecule has 1 saturated carbocycles. The first-order valence-electron chi connectivity index (χ1n) is 6.81. The third kappa shape index (κ3) is 3.90. The third-order valence-corrected chi connectivity index (χ3v) is 4.48. The Balaban J connectivity index is 2.14. The molecule has 0 radical (unpaired) electrons. The second kappa shape index (κ2) is 5.58. The van der Waals surface area contributed by atoms with E-state index in [1.54, 1.807) is 6.07 Å². The van der Waals surface area contributed by atoms with Crippen LogP contribution in [0.25, 0.3) is 0 Å². The lowest BCUT2D eigenvalue weighted by atomic mass is 9.75. The number of hydrogen-bond acceptors (Lipinski definition) is 1. The molecule has 0 heterocycles. The van der Waals surface area contributed by atoms with Crippen molar-refractivity contribution in [3.8, 4) is 0 Å². The van der Waals surface area contributed by atoms with E-state index in [1.807, 2.05) is 0 Å². The highest BCUT2D eigenvalue weighted by Gasteiger charge is 2.35. The van der Waals surface area contributed by atoms with Crippen LogP contribution in [-0.4, -0.2) is 6.04 Å². The first-order chi connectivity index (χ1) is 9.17. The van der Waals surface area contributed by atoms with Gasteiger partial charge in [0.2, 0.25) is 0 Å². The molecular formula is C15H19BrF3N. The van der Waals surface area contributed by atoms with Gasteiger partial charge in [-0.3, -0.25) is 0 Å². The Morgan fingerprint density at radius 2 is 1.80 bits per heavy atom. The number of nitrogens with one attached hydrogen (secondary N) is 1. The van der Waals surface area contributed by atoms with Gasteiger partial charge >= 0.3 is 6.18 Å². The fourth-order valence-electron chi connectivity index (χ4n) is 2.64. The number of rotatable bonds is 2. The zero-order chi connectivity index (χ0) is 15.0. The molecule has 0 spiro atoms. The van der Waals surface area contributed by atoms with Crippen LogP contribution < -0.4 is 5.32 Å². The molecule has 112 valence electrons. The van der Waals surface area contributed by atoms with E-state index in [0.29, 0.717) is 9.89 Å². The second-order valence-corrected chi connectivity index (χ2v) is 7.19. The number of halogens is 4. The van der Waals surface area contributed by atoms with Crippen LogP contribution in [-0.2, 0) is 6.18 Å². The summed E-state index contributed by atoms with van der Waals surface area (Å²) in [6, 6.07) is 4.41. The Morgan fingerprint density at radius 3 is 2.35 bits per heavy atom. The van der Waals surface area contributed by atoms with Gasteiger partial charge in [0.05, 0.1) is 5.56 Å². The molecule has 1 aliphatic carbocycles. The molecule has 0 unspecified atom stereocenters. The summed E-state index contributed by atoms with van der Waals surface area (Å²) in [7, 11) is 0. The summed E-state index contributed by atoms with van der Waals surface area (Å²) < 4.78 is 39.6. The third-order valence-electron chi connectivity index (χ3n) is 3.99. The van der Waals surface area contributed by atoms with Gasteiger partial charge in [0.25, 0.3) is 0 Å². The number of hydrogen-bond donors (Lipinski definition) is 1. The van der Waals surface area contributed by atoms with Crippen LogP contribution in [0.5, 0.6) is 0 Å². The van der Waals surface area contributed by atoms with E-state index in [4.69, 9.17) is 0 Å². The van der Waals surface area contributed by atoms with Crippen LogP contribution in [0, 0.1) is 5.41 Å². The summed E-state index contributed by atoms with van der Waals surface area (Å²) in [6.45, 7) is 4.42. The lowest BCUT2D eigenvalue weighted by Crippen LogP contribution is -2.30. The lowest BCUT2D eigenvalue weighted by molar-refractivity contribution is -0.137. The van der Waals surface area contributed by atoms with Gasteiger partial charge in [-0.25, -0.2) is 0 Å². The summed E-state index contributed by atoms with van der Waals surface area (Å²) in [5.41, 5.74) is -0.104. The van der Waals surface area contributed by atoms with Crippen molar-refractivity contribution in [2.75, 3.05) is 5.32 Å². The highest BCUT2D eigenvalue weighted by molar-refractivity contribution is 9.10. The standard InChI is InChI=1S/C15H19BrF3N/c1-14(2)7-5-11(6-8-14)20-13-4-3-10(16)9-12(13)15(17,18)19/h3-4,9,11,20H,5-8H2,1-2H3. The molecule has 1 N–H and O–H groups in total. The molecule has 2 rings (SSSR count). The molecule has 0 saturated heterocycles. The van der Waals surface area contributed by atoms with Crippen molar-refractivity contribution in [2.45, 2.75) is 51.7 Å². The van der Waals surface area contributed by atoms with Gasteiger partial charge in [0, 0.05) is 16.2 Å². The Hall–Kier alpha value is -0.710. The number of alkyl halides is 3. The molecular weight excluding hydrogens is 331 g/mol. The van der Waals surface area contributed by atoms with Crippen molar-refractivity contribution in [1.29, 1.82) is 0 Å². The van der Waals surface area contributed by atoms with Gasteiger partial charge in [-0.2, -0.15) is 13.2 Å². The smallest absolute Gasteiger partial charge is 0.382 e. The van der Waals surface area contributed by atoms with Crippen molar-refractivity contribution >= 4 is 21.6 Å². The molecule has 0 aromatic heterocycles. The normalized spacial score (nSPS) is 19.9. The SMILES string of the molecule is CC1(C)CCC(Nc2ccc(Br)cc2C(F)(F)F)CC1. The Labute approximate surface area is 126 Å². The van der Waals surface area contributed by atoms with E-state index in [0.717, 1.165) is 31.7 Å². The first kappa shape index (κ1) is 15.7. The van der Waals surface area contributed by atoms with E-state index < -0.39 is 11.7 Å². The van der Waals surface area contributed by atoms with Crippen LogP contribution in [0.1, 0.15) is 45.1 Å². The highest BCUT2D eigenvalue weighted by Crippen LogP contribution is 2.39. The predicted octanol–water partition coefficient (Wildman–Crippen LogP) is 5.85. The maximum Gasteiger partial charge on any atom is 0.418 e. The number of benzene rings is 1. The van der Waals surface area contributed by atoms with E-state index in [-0.39, 0.29) is 11.7 Å². The lowest BCUT2D eigenvalue weighted by Gasteiger charge is -2.35. The molecule has 1 aromatic carbocycles. The average Bonchev–Trinajstić information content (AvgIpc) is 2.33. The van der Waals surface area contributed by atoms with Gasteiger partial charge in [-0.15, -0.1) is 0 Å². The maximum absolute atomic E-state index is 13.0. The van der Waals surface area contributed by atoms with Crippen molar-refractivity contribution in [1.82, 2.24) is 0 Å². The molecule has 0 atom stereocenters. The van der Waals surface area contributed by atoms with Crippen molar-refractivity contribution in [2.24, 2.45) is 5.41 Å². The van der Waals surface area contributed by atoms with Gasteiger partial charge in [0.1, 0.15) is 0 Å². The zero-order valence-electron chi connectivity index (χ0n) is 11.6. The van der Waals surface area contributed by atoms with E-state index >= 15 is 0 Å². The Bertz CT molecular complexity index is 472. The van der Waals surface area contributed by atoms with Crippen LogP contribution in [0.2, 0.25) is 0 Å². The summed E-state index contributed by atoms with van der Waals surface area (Å²) in [5.74, 6) is 0. The first-order valence-corrected chi connectivity index (χ1v) is 7.60. The van der Waals surface area contributed by atoms with Gasteiger partial charge < -0.3 is 5.32 Å². The van der Waals surface area contributed by atoms with Crippen LogP contribution in [0.15, 0.2) is 22.7 Å². The van der Waals surface area contributed by atoms with Crippen LogP contribution in [0.3, 0.4) is 0 Å². The zero-order valence-corrected chi connectivity index (χ0v) is 13.2. The Morgan fingerprint density at radius 1 is 1.20 bits per heavy atom. The average molecular weight is 350 g/mol. The summed E-state index contributed by atoms with van der Waals surface area (Å²) in [6.07, 6.45) is -0.411. The van der Waals surface area contributed by atoms with Crippen molar-refractivity contribution < 1.29 is 13.2 Å². The molecule has 1 aliphatic rings. The van der Waals surface area contributed by atoms with E-state index in [9.17, 15) is 13.2 Å². The minimum Gasteiger partial charge on any atom is -0.382 e. The minimum atomic E-state index is -4.33. The van der Waals surface area contributed by atoms with Gasteiger partial charge in [-0.05, 0) is 49.3 Å². The number of anilines is 1. The molecule has 0 aliphatic heterocycles. The van der Waals surface area contributed by atoms with Crippen LogP contribution in [0.4, 0.5) is 18.9 Å². The fraction of sp³-hybridized carbons (Fsp3) is 0.600. The topological polar surface area (TPSA) is 12.0 Å². The predicted molar refractivity (Wildman–Crippen MR) is 78.8 cm³/mol. The summed E-state index contributed by atoms with van der Waals surface area (Å²) in [4.78, 5) is 0. The molecule has 0 bridgehead atoms. The van der Waals surface area contributed by atoms with Crippen molar-refractivity contribution in [3.05, 3.63) is 28.2 Å². The molecule has 1 nitrogen and oxygen atoms in total. The second-order valence-electron chi connectivity index (χ2n) is 6.27. The van der Waals surface area contributed by atoms with Gasteiger partial charge in [0.15, 0.2) is 0 Å². The summed E-state index contributed by atoms with van der Waals surface area (Å²) >= 11 is 3.10.